The molecule has 2 nitrogen and oxygen atoms in total. The number of hydrogen-bond donors (Lipinski definition) is 0. The average molecular weight is 731 g/mol. The van der Waals surface area contributed by atoms with Crippen molar-refractivity contribution in [3.63, 3.8) is 0 Å². The van der Waals surface area contributed by atoms with E-state index in [1.807, 2.05) is 0 Å². The lowest BCUT2D eigenvalue weighted by atomic mass is 9.96. The van der Waals surface area contributed by atoms with Crippen LogP contribution in [0.1, 0.15) is 47.2 Å². The molecule has 0 saturated heterocycles. The van der Waals surface area contributed by atoms with E-state index < -0.39 is 0 Å². The normalized spacial score (nSPS) is 18.7. The summed E-state index contributed by atoms with van der Waals surface area (Å²) in [6, 6.07) is 52.8. The molecule has 57 heavy (non-hydrogen) atoms. The van der Waals surface area contributed by atoms with Crippen LogP contribution in [-0.4, -0.2) is 4.57 Å². The quantitative estimate of drug-likeness (QED) is 0.159. The number of para-hydroxylation sites is 1. The van der Waals surface area contributed by atoms with Crippen LogP contribution in [0.4, 0.5) is 17.1 Å². The second-order valence-corrected chi connectivity index (χ2v) is 15.6. The van der Waals surface area contributed by atoms with Crippen molar-refractivity contribution in [3.05, 3.63) is 216 Å². The van der Waals surface area contributed by atoms with Crippen molar-refractivity contribution in [2.24, 2.45) is 5.92 Å². The van der Waals surface area contributed by atoms with Crippen molar-refractivity contribution in [1.29, 1.82) is 0 Å². The summed E-state index contributed by atoms with van der Waals surface area (Å²) in [4.78, 5) is 2.35. The van der Waals surface area contributed by atoms with Gasteiger partial charge in [-0.2, -0.15) is 0 Å². The van der Waals surface area contributed by atoms with Gasteiger partial charge < -0.3 is 9.47 Å². The van der Waals surface area contributed by atoms with Gasteiger partial charge in [0, 0.05) is 45.2 Å². The molecule has 4 aliphatic rings. The van der Waals surface area contributed by atoms with E-state index in [2.05, 4.69) is 222 Å². The smallest absolute Gasteiger partial charge is 0.0707 e. The summed E-state index contributed by atoms with van der Waals surface area (Å²) >= 11 is 0. The maximum absolute atomic E-state index is 2.69. The number of aromatic nitrogens is 1. The molecule has 4 aliphatic carbocycles. The minimum Gasteiger partial charge on any atom is -0.330 e. The fraction of sp³-hybridized carbons (Fsp3) is 0.0909. The highest BCUT2D eigenvalue weighted by Gasteiger charge is 2.55. The van der Waals surface area contributed by atoms with E-state index in [-0.39, 0.29) is 5.54 Å². The fourth-order valence-corrected chi connectivity index (χ4v) is 9.29. The summed E-state index contributed by atoms with van der Waals surface area (Å²) in [6.07, 6.45) is 29.0. The fourth-order valence-electron chi connectivity index (χ4n) is 9.29. The van der Waals surface area contributed by atoms with Gasteiger partial charge in [-0.3, -0.25) is 0 Å². The number of benzene rings is 6. The molecular weight excluding hydrogens is 689 g/mol. The first-order chi connectivity index (χ1) is 28.2. The molecule has 1 aromatic heterocycles. The molecule has 2 heteroatoms. The Balaban J connectivity index is 0.895. The molecule has 0 N–H and O–H groups in total. The van der Waals surface area contributed by atoms with Crippen LogP contribution in [0, 0.1) is 5.92 Å². The van der Waals surface area contributed by atoms with E-state index in [1.165, 1.54) is 66.7 Å². The van der Waals surface area contributed by atoms with E-state index in [0.717, 1.165) is 36.3 Å². The van der Waals surface area contributed by atoms with Crippen LogP contribution in [0.25, 0.3) is 63.0 Å². The molecule has 7 aromatic rings. The summed E-state index contributed by atoms with van der Waals surface area (Å²) in [5.74, 6) is 0.438. The Morgan fingerprint density at radius 2 is 1.02 bits per heavy atom. The molecule has 2 atom stereocenters. The molecule has 1 saturated carbocycles. The maximum atomic E-state index is 2.69. The van der Waals surface area contributed by atoms with Crippen molar-refractivity contribution in [2.75, 3.05) is 4.90 Å². The number of allylic oxidation sites excluding steroid dienone is 8. The van der Waals surface area contributed by atoms with E-state index in [9.17, 15) is 0 Å². The molecule has 0 spiro atoms. The number of hydrogen-bond acceptors (Lipinski definition) is 1. The summed E-state index contributed by atoms with van der Waals surface area (Å²) in [5.41, 5.74) is 17.4. The minimum atomic E-state index is -0.0586. The summed E-state index contributed by atoms with van der Waals surface area (Å²) in [5, 5.41) is 1.35. The Labute approximate surface area is 335 Å². The first-order valence-corrected chi connectivity index (χ1v) is 20.2. The Morgan fingerprint density at radius 1 is 0.474 bits per heavy atom. The third-order valence-corrected chi connectivity index (χ3v) is 12.3. The molecule has 0 amide bonds. The zero-order valence-corrected chi connectivity index (χ0v) is 31.8. The standard InChI is InChI=1S/C55H42N2/c1-5-13-39(14-6-1)40-21-23-41(24-22-40)42-25-30-48(31-26-42)56(47-16-8-3-9-17-47)49-32-27-43(28-33-49)45-35-36-55(38-46(55)37-45)57-53-20-12-4-11-19-51(53)52-34-29-44-15-7-2-10-18-50(44)54(52)57/h1,3,5-37,46H,2,4,38H2. The Bertz CT molecular complexity index is 2830. The van der Waals surface area contributed by atoms with Crippen LogP contribution in [-0.2, 0) is 5.54 Å². The molecular formula is C55H42N2. The van der Waals surface area contributed by atoms with Gasteiger partial charge in [-0.15, -0.1) is 0 Å². The van der Waals surface area contributed by atoms with Crippen LogP contribution in [0.3, 0.4) is 0 Å². The first-order valence-electron chi connectivity index (χ1n) is 20.2. The zero-order valence-electron chi connectivity index (χ0n) is 31.8. The summed E-state index contributed by atoms with van der Waals surface area (Å²) < 4.78 is 2.69. The van der Waals surface area contributed by atoms with Crippen LogP contribution >= 0.6 is 0 Å². The van der Waals surface area contributed by atoms with Crippen molar-refractivity contribution >= 4 is 57.8 Å². The third-order valence-electron chi connectivity index (χ3n) is 12.3. The molecule has 1 heterocycles. The lowest BCUT2D eigenvalue weighted by Crippen LogP contribution is -2.20. The SMILES string of the molecule is C1=Cc2ccc3c4c(n(C56C=CC(c7ccc(N(c8ccccc8)c8ccc(-c9ccc(-c%10ccccc%10)cc9)cc8)cc7)=CC5C6)c3c2C=CC1)C=CCC=C4. The van der Waals surface area contributed by atoms with Crippen LogP contribution in [0.5, 0.6) is 0 Å². The molecule has 11 rings (SSSR count). The van der Waals surface area contributed by atoms with Crippen molar-refractivity contribution in [2.45, 2.75) is 24.8 Å². The Kier molecular flexibility index (Phi) is 8.03. The summed E-state index contributed by atoms with van der Waals surface area (Å²) in [7, 11) is 0. The molecule has 0 aliphatic heterocycles. The molecule has 0 radical (unpaired) electrons. The highest BCUT2D eigenvalue weighted by atomic mass is 15.1. The number of anilines is 3. The predicted octanol–water partition coefficient (Wildman–Crippen LogP) is 14.7. The number of rotatable bonds is 7. The lowest BCUT2D eigenvalue weighted by molar-refractivity contribution is 0.579. The third kappa shape index (κ3) is 5.79. The molecule has 0 bridgehead atoms. The highest BCUT2D eigenvalue weighted by molar-refractivity contribution is 6.01. The Morgan fingerprint density at radius 3 is 1.68 bits per heavy atom. The van der Waals surface area contributed by atoms with Crippen molar-refractivity contribution in [1.82, 2.24) is 4.57 Å². The second kappa shape index (κ2) is 13.7. The van der Waals surface area contributed by atoms with Gasteiger partial charge in [0.05, 0.1) is 11.1 Å². The van der Waals surface area contributed by atoms with Gasteiger partial charge in [0.15, 0.2) is 0 Å². The van der Waals surface area contributed by atoms with Crippen LogP contribution in [0.15, 0.2) is 188 Å². The molecule has 2 unspecified atom stereocenters. The molecule has 6 aromatic carbocycles. The van der Waals surface area contributed by atoms with E-state index >= 15 is 0 Å². The monoisotopic (exact) mass is 730 g/mol. The van der Waals surface area contributed by atoms with Gasteiger partial charge in [0.2, 0.25) is 0 Å². The largest absolute Gasteiger partial charge is 0.330 e. The second-order valence-electron chi connectivity index (χ2n) is 15.6. The van der Waals surface area contributed by atoms with Gasteiger partial charge in [-0.05, 0) is 101 Å². The topological polar surface area (TPSA) is 8.17 Å². The van der Waals surface area contributed by atoms with E-state index in [0.29, 0.717) is 5.92 Å². The number of nitrogens with zero attached hydrogens (tertiary/aromatic N) is 2. The van der Waals surface area contributed by atoms with Gasteiger partial charge in [-0.1, -0.05) is 170 Å². The van der Waals surface area contributed by atoms with Gasteiger partial charge in [0.25, 0.3) is 0 Å². The number of fused-ring (bicyclic) bond motifs is 6. The van der Waals surface area contributed by atoms with Gasteiger partial charge in [0.1, 0.15) is 0 Å². The zero-order chi connectivity index (χ0) is 37.8. The summed E-state index contributed by atoms with van der Waals surface area (Å²) in [6.45, 7) is 0. The Hall–Kier alpha value is -6.90. The predicted molar refractivity (Wildman–Crippen MR) is 243 cm³/mol. The van der Waals surface area contributed by atoms with Crippen molar-refractivity contribution < 1.29 is 0 Å². The van der Waals surface area contributed by atoms with Crippen molar-refractivity contribution in [3.8, 4) is 22.3 Å². The van der Waals surface area contributed by atoms with Gasteiger partial charge >= 0.3 is 0 Å². The van der Waals surface area contributed by atoms with E-state index in [4.69, 9.17) is 0 Å². The lowest BCUT2D eigenvalue weighted by Gasteiger charge is -2.26. The van der Waals surface area contributed by atoms with Gasteiger partial charge in [-0.25, -0.2) is 0 Å². The first kappa shape index (κ1) is 33.4. The highest BCUT2D eigenvalue weighted by Crippen LogP contribution is 2.59. The minimum absolute atomic E-state index is 0.0586. The van der Waals surface area contributed by atoms with E-state index in [1.54, 1.807) is 0 Å². The molecule has 272 valence electrons. The van der Waals surface area contributed by atoms with Crippen LogP contribution < -0.4 is 4.90 Å². The average Bonchev–Trinajstić information content (AvgIpc) is 4.04. The molecule has 1 fully saturated rings. The maximum Gasteiger partial charge on any atom is 0.0707 e. The van der Waals surface area contributed by atoms with Crippen LogP contribution in [0.2, 0.25) is 0 Å².